The van der Waals surface area contributed by atoms with E-state index in [0.717, 1.165) is 31.9 Å². The summed E-state index contributed by atoms with van der Waals surface area (Å²) < 4.78 is 5.95. The van der Waals surface area contributed by atoms with Gasteiger partial charge < -0.3 is 19.5 Å². The summed E-state index contributed by atoms with van der Waals surface area (Å²) in [6, 6.07) is 23.0. The third-order valence-electron chi connectivity index (χ3n) is 6.26. The maximum absolute atomic E-state index is 12.5. The zero-order chi connectivity index (χ0) is 22.2. The van der Waals surface area contributed by atoms with Gasteiger partial charge in [-0.2, -0.15) is 0 Å². The van der Waals surface area contributed by atoms with Crippen LogP contribution in [0.1, 0.15) is 45.8 Å². The molecule has 3 N–H and O–H groups in total. The van der Waals surface area contributed by atoms with Gasteiger partial charge in [0.1, 0.15) is 19.6 Å². The van der Waals surface area contributed by atoms with Gasteiger partial charge in [0.2, 0.25) is 0 Å². The molecule has 1 aliphatic rings. The first kappa shape index (κ1) is 22.3. The molecule has 0 saturated carbocycles. The van der Waals surface area contributed by atoms with Gasteiger partial charge in [0.15, 0.2) is 11.5 Å². The highest BCUT2D eigenvalue weighted by Gasteiger charge is 2.18. The van der Waals surface area contributed by atoms with Crippen LogP contribution in [0.25, 0.3) is 0 Å². The van der Waals surface area contributed by atoms with E-state index < -0.39 is 0 Å². The summed E-state index contributed by atoms with van der Waals surface area (Å²) in [5.41, 5.74) is 3.87. The second kappa shape index (κ2) is 11.1. The molecule has 3 aromatic rings. The predicted molar refractivity (Wildman–Crippen MR) is 126 cm³/mol. The number of nitrogens with one attached hydrogen (secondary N) is 3. The van der Waals surface area contributed by atoms with E-state index in [9.17, 15) is 4.79 Å². The molecule has 5 nitrogen and oxygen atoms in total. The van der Waals surface area contributed by atoms with E-state index in [4.69, 9.17) is 4.42 Å². The Morgan fingerprint density at radius 1 is 0.906 bits per heavy atom. The van der Waals surface area contributed by atoms with Gasteiger partial charge in [-0.25, -0.2) is 0 Å². The summed E-state index contributed by atoms with van der Waals surface area (Å²) in [5.74, 6) is 1.14. The lowest BCUT2D eigenvalue weighted by Gasteiger charge is -2.19. The third-order valence-corrected chi connectivity index (χ3v) is 6.26. The first-order valence-corrected chi connectivity index (χ1v) is 11.8. The van der Waals surface area contributed by atoms with Crippen LogP contribution in [0.4, 0.5) is 0 Å². The number of likely N-dealkylation sites (tertiary alicyclic amines) is 1. The molecule has 4 rings (SSSR count). The van der Waals surface area contributed by atoms with E-state index in [-0.39, 0.29) is 5.91 Å². The number of benzene rings is 2. The number of hydrogen-bond donors (Lipinski definition) is 3. The number of quaternary nitrogens is 2. The largest absolute Gasteiger partial charge is 0.450 e. The Bertz CT molecular complexity index is 976. The number of aryl methyl sites for hydroxylation is 1. The van der Waals surface area contributed by atoms with Gasteiger partial charge in [0.25, 0.3) is 5.91 Å². The summed E-state index contributed by atoms with van der Waals surface area (Å²) >= 11 is 0. The van der Waals surface area contributed by atoms with Crippen molar-refractivity contribution in [1.82, 2.24) is 5.32 Å². The molecule has 1 aromatic heterocycles. The Kier molecular flexibility index (Phi) is 7.75. The standard InChI is InChI=1S/C27H33N3O2/c1-22-9-11-24(12-10-22)20-30(19-23-7-3-2-4-8-23)21-25-13-14-26(32-25)27(31)28-15-18-29-16-5-6-17-29/h2-4,7-14H,5-6,15-21H2,1H3,(H,28,31)/p+2. The van der Waals surface area contributed by atoms with Gasteiger partial charge in [-0.05, 0) is 19.1 Å². The Hall–Kier alpha value is -2.89. The van der Waals surface area contributed by atoms with Crippen molar-refractivity contribution in [2.45, 2.75) is 39.4 Å². The number of rotatable bonds is 10. The van der Waals surface area contributed by atoms with E-state index >= 15 is 0 Å². The van der Waals surface area contributed by atoms with Gasteiger partial charge in [0, 0.05) is 24.0 Å². The Morgan fingerprint density at radius 2 is 1.59 bits per heavy atom. The average molecular weight is 434 g/mol. The lowest BCUT2D eigenvalue weighted by molar-refractivity contribution is -0.942. The van der Waals surface area contributed by atoms with Crippen molar-refractivity contribution < 1.29 is 19.0 Å². The molecule has 32 heavy (non-hydrogen) atoms. The minimum absolute atomic E-state index is 0.113. The summed E-state index contributed by atoms with van der Waals surface area (Å²) in [5, 5.41) is 3.02. The fraction of sp³-hybridized carbons (Fsp3) is 0.370. The van der Waals surface area contributed by atoms with E-state index in [2.05, 4.69) is 60.8 Å². The molecule has 0 spiro atoms. The van der Waals surface area contributed by atoms with Crippen LogP contribution < -0.4 is 15.1 Å². The van der Waals surface area contributed by atoms with Crippen LogP contribution in [0.5, 0.6) is 0 Å². The quantitative estimate of drug-likeness (QED) is 0.457. The lowest BCUT2D eigenvalue weighted by Crippen LogP contribution is -3.10. The first-order chi connectivity index (χ1) is 15.7. The topological polar surface area (TPSA) is 51.1 Å². The number of carbonyl (C=O) groups excluding carboxylic acids is 1. The molecule has 2 heterocycles. The molecule has 2 aromatic carbocycles. The van der Waals surface area contributed by atoms with Crippen molar-refractivity contribution in [2.24, 2.45) is 0 Å². The van der Waals surface area contributed by atoms with Crippen LogP contribution in [0.3, 0.4) is 0 Å². The molecule has 0 aliphatic carbocycles. The first-order valence-electron chi connectivity index (χ1n) is 11.8. The molecular formula is C27H35N3O2+2. The van der Waals surface area contributed by atoms with E-state index in [1.807, 2.05) is 12.1 Å². The smallest absolute Gasteiger partial charge is 0.287 e. The summed E-state index contributed by atoms with van der Waals surface area (Å²) in [4.78, 5) is 15.5. The van der Waals surface area contributed by atoms with Gasteiger partial charge >= 0.3 is 0 Å². The fourth-order valence-corrected chi connectivity index (χ4v) is 4.47. The Morgan fingerprint density at radius 3 is 2.31 bits per heavy atom. The minimum Gasteiger partial charge on any atom is -0.450 e. The molecule has 1 saturated heterocycles. The molecule has 1 unspecified atom stereocenters. The van der Waals surface area contributed by atoms with Crippen LogP contribution in [-0.2, 0) is 19.6 Å². The van der Waals surface area contributed by atoms with Crippen molar-refractivity contribution in [3.05, 3.63) is 94.9 Å². The minimum atomic E-state index is -0.113. The molecule has 0 radical (unpaired) electrons. The van der Waals surface area contributed by atoms with E-state index in [0.29, 0.717) is 12.3 Å². The molecule has 5 heteroatoms. The molecule has 168 valence electrons. The zero-order valence-electron chi connectivity index (χ0n) is 19.0. The Balaban J connectivity index is 1.37. The molecule has 1 amide bonds. The third kappa shape index (κ3) is 6.55. The van der Waals surface area contributed by atoms with Crippen molar-refractivity contribution in [1.29, 1.82) is 0 Å². The number of hydrogen-bond acceptors (Lipinski definition) is 2. The monoisotopic (exact) mass is 433 g/mol. The maximum Gasteiger partial charge on any atom is 0.287 e. The summed E-state index contributed by atoms with van der Waals surface area (Å²) in [6.45, 7) is 8.78. The van der Waals surface area contributed by atoms with Crippen LogP contribution in [0, 0.1) is 6.92 Å². The average Bonchev–Trinajstić information content (AvgIpc) is 3.48. The molecular weight excluding hydrogens is 398 g/mol. The summed E-state index contributed by atoms with van der Waals surface area (Å²) in [6.07, 6.45) is 2.60. The van der Waals surface area contributed by atoms with Crippen LogP contribution >= 0.6 is 0 Å². The number of carbonyl (C=O) groups is 1. The van der Waals surface area contributed by atoms with Crippen molar-refractivity contribution in [2.75, 3.05) is 26.2 Å². The molecule has 0 bridgehead atoms. The van der Waals surface area contributed by atoms with Crippen molar-refractivity contribution in [3.63, 3.8) is 0 Å². The number of amides is 1. The number of furan rings is 1. The van der Waals surface area contributed by atoms with Crippen molar-refractivity contribution >= 4 is 5.91 Å². The van der Waals surface area contributed by atoms with Gasteiger partial charge in [-0.15, -0.1) is 0 Å². The highest BCUT2D eigenvalue weighted by Crippen LogP contribution is 2.08. The van der Waals surface area contributed by atoms with Crippen LogP contribution in [-0.4, -0.2) is 32.1 Å². The predicted octanol–water partition coefficient (Wildman–Crippen LogP) is 1.78. The summed E-state index contributed by atoms with van der Waals surface area (Å²) in [7, 11) is 0. The highest BCUT2D eigenvalue weighted by atomic mass is 16.4. The second-order valence-electron chi connectivity index (χ2n) is 8.98. The van der Waals surface area contributed by atoms with Gasteiger partial charge in [0.05, 0.1) is 26.2 Å². The second-order valence-corrected chi connectivity index (χ2v) is 8.98. The maximum atomic E-state index is 12.5. The van der Waals surface area contributed by atoms with E-state index in [1.165, 1.54) is 47.5 Å². The Labute approximate surface area is 191 Å². The van der Waals surface area contributed by atoms with Gasteiger partial charge in [-0.1, -0.05) is 60.2 Å². The molecule has 1 atom stereocenters. The normalized spacial score (nSPS) is 15.0. The zero-order valence-corrected chi connectivity index (χ0v) is 19.0. The molecule has 1 fully saturated rings. The molecule has 1 aliphatic heterocycles. The highest BCUT2D eigenvalue weighted by molar-refractivity contribution is 5.91. The SMILES string of the molecule is Cc1ccc(C[NH+](Cc2ccccc2)Cc2ccc(C(=O)NCC[NH+]3CCCC3)o2)cc1. The van der Waals surface area contributed by atoms with Crippen LogP contribution in [0.2, 0.25) is 0 Å². The van der Waals surface area contributed by atoms with Crippen molar-refractivity contribution in [3.8, 4) is 0 Å². The van der Waals surface area contributed by atoms with E-state index in [1.54, 1.807) is 11.0 Å². The fourth-order valence-electron chi connectivity index (χ4n) is 4.47. The van der Waals surface area contributed by atoms with Gasteiger partial charge in [-0.3, -0.25) is 4.79 Å². The lowest BCUT2D eigenvalue weighted by atomic mass is 10.1. The van der Waals surface area contributed by atoms with Crippen LogP contribution in [0.15, 0.2) is 71.1 Å².